The summed E-state index contributed by atoms with van der Waals surface area (Å²) in [4.78, 5) is 0. The van der Waals surface area contributed by atoms with Crippen LogP contribution in [-0.4, -0.2) is 9.13 Å². The van der Waals surface area contributed by atoms with E-state index in [0.29, 0.717) is 0 Å². The van der Waals surface area contributed by atoms with Gasteiger partial charge in [0.2, 0.25) is 0 Å². The van der Waals surface area contributed by atoms with E-state index in [0.717, 1.165) is 33.3 Å². The summed E-state index contributed by atoms with van der Waals surface area (Å²) >= 11 is 0. The van der Waals surface area contributed by atoms with Crippen molar-refractivity contribution in [1.29, 1.82) is 0 Å². The van der Waals surface area contributed by atoms with Crippen molar-refractivity contribution in [1.82, 2.24) is 9.13 Å². The van der Waals surface area contributed by atoms with Crippen LogP contribution in [0.4, 0.5) is 0 Å². The maximum atomic E-state index is 6.38. The quantitative estimate of drug-likeness (QED) is 0.179. The highest BCUT2D eigenvalue weighted by atomic mass is 16.3. The first kappa shape index (κ1) is 30.1. The third-order valence-corrected chi connectivity index (χ3v) is 11.5. The van der Waals surface area contributed by atoms with E-state index < -0.39 is 0 Å². The van der Waals surface area contributed by atoms with E-state index in [1.807, 2.05) is 6.07 Å². The van der Waals surface area contributed by atoms with Crippen LogP contribution in [-0.2, 0) is 0 Å². The summed E-state index contributed by atoms with van der Waals surface area (Å²) in [6.45, 7) is 0. The molecule has 0 aliphatic heterocycles. The molecule has 0 aliphatic carbocycles. The van der Waals surface area contributed by atoms with Gasteiger partial charge in [-0.05, 0) is 106 Å². The van der Waals surface area contributed by atoms with E-state index in [4.69, 9.17) is 4.42 Å². The standard InChI is InChI=1S/C52H32N2O/c1-3-13-33(14-4-1)39-20-11-21-46-51(39)43-31-37(26-28-45(43)53(46)38-17-5-2-6-18-38)36-25-27-44-41(30-36)42-29-34-15-7-8-16-35(34)32-48(42)54(44)47-22-12-24-50-52(47)40-19-9-10-23-49(40)55-50/h1-32H. The van der Waals surface area contributed by atoms with Crippen molar-refractivity contribution in [2.75, 3.05) is 0 Å². The number of benzene rings is 9. The normalized spacial score (nSPS) is 12.0. The monoisotopic (exact) mass is 700 g/mol. The molecule has 55 heavy (non-hydrogen) atoms. The zero-order valence-electron chi connectivity index (χ0n) is 29.8. The summed E-state index contributed by atoms with van der Waals surface area (Å²) in [7, 11) is 0. The van der Waals surface area contributed by atoms with Crippen LogP contribution in [0.25, 0.3) is 110 Å². The molecule has 3 heterocycles. The molecule has 0 spiro atoms. The molecule has 256 valence electrons. The predicted molar refractivity (Wildman–Crippen MR) is 231 cm³/mol. The summed E-state index contributed by atoms with van der Waals surface area (Å²) in [6.07, 6.45) is 0. The van der Waals surface area contributed by atoms with Gasteiger partial charge in [0, 0.05) is 32.6 Å². The summed E-state index contributed by atoms with van der Waals surface area (Å²) in [5.74, 6) is 0. The van der Waals surface area contributed by atoms with Crippen molar-refractivity contribution < 1.29 is 4.42 Å². The van der Waals surface area contributed by atoms with E-state index in [1.54, 1.807) is 0 Å². The lowest BCUT2D eigenvalue weighted by molar-refractivity contribution is 0.669. The van der Waals surface area contributed by atoms with Crippen LogP contribution in [0.5, 0.6) is 0 Å². The number of hydrogen-bond acceptors (Lipinski definition) is 1. The Morgan fingerprint density at radius 2 is 0.964 bits per heavy atom. The number of rotatable bonds is 4. The fourth-order valence-electron chi connectivity index (χ4n) is 9.05. The predicted octanol–water partition coefficient (Wildman–Crippen LogP) is 14.3. The summed E-state index contributed by atoms with van der Waals surface area (Å²) in [5, 5.41) is 9.66. The molecule has 3 aromatic heterocycles. The Morgan fingerprint density at radius 3 is 1.78 bits per heavy atom. The van der Waals surface area contributed by atoms with Gasteiger partial charge in [0.15, 0.2) is 0 Å². The third kappa shape index (κ3) is 4.44. The molecule has 0 unspecified atom stereocenters. The molecule has 0 saturated heterocycles. The van der Waals surface area contributed by atoms with Gasteiger partial charge in [-0.15, -0.1) is 0 Å². The van der Waals surface area contributed by atoms with Crippen molar-refractivity contribution >= 4 is 76.3 Å². The average molecular weight is 701 g/mol. The number of furan rings is 1. The number of nitrogens with zero attached hydrogens (tertiary/aromatic N) is 2. The van der Waals surface area contributed by atoms with Gasteiger partial charge in [0.25, 0.3) is 0 Å². The smallest absolute Gasteiger partial charge is 0.137 e. The second kappa shape index (κ2) is 11.6. The minimum atomic E-state index is 0.893. The molecule has 0 atom stereocenters. The molecule has 3 heteroatoms. The van der Waals surface area contributed by atoms with E-state index in [2.05, 4.69) is 197 Å². The molecule has 12 aromatic rings. The highest BCUT2D eigenvalue weighted by molar-refractivity contribution is 6.19. The molecule has 0 radical (unpaired) electrons. The lowest BCUT2D eigenvalue weighted by atomic mass is 9.97. The second-order valence-electron chi connectivity index (χ2n) is 14.5. The molecule has 12 rings (SSSR count). The van der Waals surface area contributed by atoms with Gasteiger partial charge in [-0.25, -0.2) is 0 Å². The molecule has 9 aromatic carbocycles. The number of fused-ring (bicyclic) bond motifs is 10. The summed E-state index contributed by atoms with van der Waals surface area (Å²) in [6, 6.07) is 70.3. The number of para-hydroxylation sites is 2. The number of aromatic nitrogens is 2. The van der Waals surface area contributed by atoms with Gasteiger partial charge in [-0.1, -0.05) is 121 Å². The molecule has 0 amide bonds. The fraction of sp³-hybridized carbons (Fsp3) is 0. The molecule has 0 N–H and O–H groups in total. The first-order valence-electron chi connectivity index (χ1n) is 18.8. The Bertz CT molecular complexity index is 3470. The van der Waals surface area contributed by atoms with Gasteiger partial charge in [0.05, 0.1) is 33.1 Å². The third-order valence-electron chi connectivity index (χ3n) is 11.5. The topological polar surface area (TPSA) is 23.0 Å². The van der Waals surface area contributed by atoms with Crippen LogP contribution in [0.2, 0.25) is 0 Å². The van der Waals surface area contributed by atoms with Crippen LogP contribution in [0.1, 0.15) is 0 Å². The average Bonchev–Trinajstić information content (AvgIpc) is 3.90. The zero-order valence-corrected chi connectivity index (χ0v) is 29.8. The molecular formula is C52H32N2O. The van der Waals surface area contributed by atoms with Crippen molar-refractivity contribution in [3.05, 3.63) is 194 Å². The Kier molecular flexibility index (Phi) is 6.34. The Balaban J connectivity index is 1.14. The van der Waals surface area contributed by atoms with Gasteiger partial charge >= 0.3 is 0 Å². The largest absolute Gasteiger partial charge is 0.456 e. The minimum Gasteiger partial charge on any atom is -0.456 e. The maximum absolute atomic E-state index is 6.38. The minimum absolute atomic E-state index is 0.893. The number of hydrogen-bond donors (Lipinski definition) is 0. The molecular weight excluding hydrogens is 669 g/mol. The van der Waals surface area contributed by atoms with Crippen LogP contribution in [0, 0.1) is 0 Å². The first-order valence-corrected chi connectivity index (χ1v) is 18.8. The van der Waals surface area contributed by atoms with E-state index >= 15 is 0 Å². The van der Waals surface area contributed by atoms with Crippen LogP contribution in [0.3, 0.4) is 0 Å². The Hall–Kier alpha value is -7.36. The zero-order chi connectivity index (χ0) is 36.0. The van der Waals surface area contributed by atoms with Crippen LogP contribution >= 0.6 is 0 Å². The van der Waals surface area contributed by atoms with Crippen molar-refractivity contribution in [2.24, 2.45) is 0 Å². The van der Waals surface area contributed by atoms with Crippen molar-refractivity contribution in [3.63, 3.8) is 0 Å². The second-order valence-corrected chi connectivity index (χ2v) is 14.5. The highest BCUT2D eigenvalue weighted by Gasteiger charge is 2.20. The van der Waals surface area contributed by atoms with E-state index in [1.165, 1.54) is 76.6 Å². The lowest BCUT2D eigenvalue weighted by Crippen LogP contribution is -1.95. The Morgan fingerprint density at radius 1 is 0.327 bits per heavy atom. The van der Waals surface area contributed by atoms with Gasteiger partial charge in [0.1, 0.15) is 11.2 Å². The van der Waals surface area contributed by atoms with E-state index in [9.17, 15) is 0 Å². The van der Waals surface area contributed by atoms with Crippen LogP contribution in [0.15, 0.2) is 199 Å². The lowest BCUT2D eigenvalue weighted by Gasteiger charge is -2.11. The van der Waals surface area contributed by atoms with Crippen molar-refractivity contribution in [3.8, 4) is 33.6 Å². The fourth-order valence-corrected chi connectivity index (χ4v) is 9.05. The summed E-state index contributed by atoms with van der Waals surface area (Å²) in [5.41, 5.74) is 13.6. The molecule has 3 nitrogen and oxygen atoms in total. The SMILES string of the molecule is c1ccc(-c2cccc3c2c2cc(-c4ccc5c(c4)c4cc6ccccc6cc4n5-c4cccc5oc6ccccc6c45)ccc2n3-c2ccccc2)cc1. The van der Waals surface area contributed by atoms with Crippen molar-refractivity contribution in [2.45, 2.75) is 0 Å². The molecule has 0 bridgehead atoms. The van der Waals surface area contributed by atoms with Gasteiger partial charge in [-0.3, -0.25) is 0 Å². The molecule has 0 saturated carbocycles. The highest BCUT2D eigenvalue weighted by Crippen LogP contribution is 2.43. The maximum Gasteiger partial charge on any atom is 0.137 e. The Labute approximate surface area is 316 Å². The molecule has 0 aliphatic rings. The van der Waals surface area contributed by atoms with E-state index in [-0.39, 0.29) is 0 Å². The van der Waals surface area contributed by atoms with Gasteiger partial charge < -0.3 is 13.6 Å². The first-order chi connectivity index (χ1) is 27.3. The summed E-state index contributed by atoms with van der Waals surface area (Å²) < 4.78 is 11.2. The van der Waals surface area contributed by atoms with Crippen LogP contribution < -0.4 is 0 Å². The van der Waals surface area contributed by atoms with Gasteiger partial charge in [-0.2, -0.15) is 0 Å². The molecule has 0 fully saturated rings.